The van der Waals surface area contributed by atoms with Crippen LogP contribution >= 0.6 is 11.6 Å². The molecule has 2 aromatic rings. The van der Waals surface area contributed by atoms with E-state index in [1.807, 2.05) is 29.2 Å². The summed E-state index contributed by atoms with van der Waals surface area (Å²) in [6.45, 7) is 4.06. The van der Waals surface area contributed by atoms with Crippen LogP contribution in [0.1, 0.15) is 15.9 Å². The average molecular weight is 435 g/mol. The van der Waals surface area contributed by atoms with Crippen molar-refractivity contribution in [2.75, 3.05) is 33.3 Å². The number of hydrogen-bond acceptors (Lipinski definition) is 5. The third-order valence-electron chi connectivity index (χ3n) is 4.45. The molecule has 1 aliphatic rings. The maximum absolute atomic E-state index is 12.5. The number of piperazine rings is 1. The molecule has 1 amide bonds. The minimum absolute atomic E-state index is 0.0542. The zero-order chi connectivity index (χ0) is 22.1. The highest BCUT2D eigenvalue weighted by molar-refractivity contribution is 6.31. The number of halogens is 1. The Labute approximate surface area is 179 Å². The molecule has 0 spiro atoms. The Balaban J connectivity index is 0.000000469. The van der Waals surface area contributed by atoms with Gasteiger partial charge in [-0.25, -0.2) is 9.59 Å². The Hall–Kier alpha value is -3.10. The van der Waals surface area contributed by atoms with Gasteiger partial charge in [0.2, 0.25) is 0 Å². The second-order valence-corrected chi connectivity index (χ2v) is 6.98. The molecule has 1 fully saturated rings. The first kappa shape index (κ1) is 23.2. The van der Waals surface area contributed by atoms with Crippen LogP contribution in [0.4, 0.5) is 0 Å². The fourth-order valence-corrected chi connectivity index (χ4v) is 3.13. The minimum Gasteiger partial charge on any atom is -0.497 e. The number of methoxy groups -OCH3 is 1. The quantitative estimate of drug-likeness (QED) is 0.711. The lowest BCUT2D eigenvalue weighted by Gasteiger charge is -2.34. The molecule has 0 unspecified atom stereocenters. The van der Waals surface area contributed by atoms with E-state index in [2.05, 4.69) is 17.0 Å². The van der Waals surface area contributed by atoms with Gasteiger partial charge in [-0.1, -0.05) is 29.8 Å². The molecule has 1 saturated heterocycles. The van der Waals surface area contributed by atoms with Gasteiger partial charge in [0.1, 0.15) is 5.75 Å². The number of carbonyl (C=O) groups excluding carboxylic acids is 1. The number of amides is 1. The molecular weight excluding hydrogens is 412 g/mol. The second kappa shape index (κ2) is 11.2. The maximum Gasteiger partial charge on any atom is 0.414 e. The van der Waals surface area contributed by atoms with Crippen molar-refractivity contribution < 1.29 is 29.3 Å². The third kappa shape index (κ3) is 7.06. The van der Waals surface area contributed by atoms with Gasteiger partial charge in [0.05, 0.1) is 7.11 Å². The predicted octanol–water partition coefficient (Wildman–Crippen LogP) is 2.46. The Morgan fingerprint density at radius 3 is 2.17 bits per heavy atom. The highest BCUT2D eigenvalue weighted by atomic mass is 35.5. The van der Waals surface area contributed by atoms with E-state index in [0.29, 0.717) is 10.6 Å². The molecule has 1 heterocycles. The van der Waals surface area contributed by atoms with E-state index in [1.54, 1.807) is 19.2 Å². The van der Waals surface area contributed by atoms with Crippen molar-refractivity contribution in [1.29, 1.82) is 0 Å². The summed E-state index contributed by atoms with van der Waals surface area (Å²) < 4.78 is 5.27. The van der Waals surface area contributed by atoms with Crippen molar-refractivity contribution in [2.45, 2.75) is 6.54 Å². The topological polar surface area (TPSA) is 107 Å². The molecule has 30 heavy (non-hydrogen) atoms. The lowest BCUT2D eigenvalue weighted by molar-refractivity contribution is -0.159. The van der Waals surface area contributed by atoms with E-state index in [4.69, 9.17) is 36.1 Å². The Kier molecular flexibility index (Phi) is 8.64. The number of nitrogens with zero attached hydrogens (tertiary/aromatic N) is 2. The van der Waals surface area contributed by atoms with E-state index in [1.165, 1.54) is 5.56 Å². The predicted molar refractivity (Wildman–Crippen MR) is 111 cm³/mol. The Bertz CT molecular complexity index is 885. The fraction of sp³-hybridized carbons (Fsp3) is 0.286. The Morgan fingerprint density at radius 2 is 1.60 bits per heavy atom. The molecule has 9 heteroatoms. The summed E-state index contributed by atoms with van der Waals surface area (Å²) in [5, 5.41) is 15.4. The standard InChI is InChI=1S/C19H21ClN2O2.C2H2O4/c1-24-18-7-2-4-15(12-18)14-21-8-10-22(11-9-21)19(23)16-5-3-6-17(20)13-16;3-1(4)2(5)6/h2-7,12-13H,8-11,14H2,1H3;(H,3,4)(H,5,6). The molecule has 1 aliphatic heterocycles. The molecular formula is C21H23ClN2O6. The number of hydrogen-bond donors (Lipinski definition) is 2. The number of benzene rings is 2. The van der Waals surface area contributed by atoms with Crippen LogP contribution in [-0.2, 0) is 16.1 Å². The Morgan fingerprint density at radius 1 is 0.967 bits per heavy atom. The van der Waals surface area contributed by atoms with Gasteiger partial charge in [0, 0.05) is 43.3 Å². The molecule has 0 aromatic heterocycles. The number of carboxylic acid groups (broad SMARTS) is 2. The van der Waals surface area contributed by atoms with Gasteiger partial charge >= 0.3 is 11.9 Å². The van der Waals surface area contributed by atoms with Crippen LogP contribution in [0.3, 0.4) is 0 Å². The smallest absolute Gasteiger partial charge is 0.414 e. The summed E-state index contributed by atoms with van der Waals surface area (Å²) in [4.78, 5) is 35.0. The molecule has 8 nitrogen and oxygen atoms in total. The number of rotatable bonds is 4. The van der Waals surface area contributed by atoms with Gasteiger partial charge in [-0.05, 0) is 35.9 Å². The first-order valence-electron chi connectivity index (χ1n) is 9.16. The molecule has 160 valence electrons. The first-order valence-corrected chi connectivity index (χ1v) is 9.54. The van der Waals surface area contributed by atoms with Crippen molar-refractivity contribution in [3.8, 4) is 5.75 Å². The molecule has 2 N–H and O–H groups in total. The van der Waals surface area contributed by atoms with Crippen molar-refractivity contribution >= 4 is 29.4 Å². The van der Waals surface area contributed by atoms with Gasteiger partial charge in [-0.3, -0.25) is 9.69 Å². The van der Waals surface area contributed by atoms with Gasteiger partial charge < -0.3 is 19.8 Å². The van der Waals surface area contributed by atoms with Crippen LogP contribution in [-0.4, -0.2) is 71.1 Å². The monoisotopic (exact) mass is 434 g/mol. The second-order valence-electron chi connectivity index (χ2n) is 6.54. The van der Waals surface area contributed by atoms with E-state index < -0.39 is 11.9 Å². The molecule has 0 saturated carbocycles. The zero-order valence-electron chi connectivity index (χ0n) is 16.5. The van der Waals surface area contributed by atoms with Gasteiger partial charge in [-0.2, -0.15) is 0 Å². The summed E-state index contributed by atoms with van der Waals surface area (Å²) in [5.74, 6) is -2.72. The van der Waals surface area contributed by atoms with Crippen LogP contribution in [0.5, 0.6) is 5.75 Å². The van der Waals surface area contributed by atoms with E-state index in [-0.39, 0.29) is 5.91 Å². The molecule has 3 rings (SSSR count). The van der Waals surface area contributed by atoms with Gasteiger partial charge in [0.15, 0.2) is 0 Å². The van der Waals surface area contributed by atoms with Crippen LogP contribution < -0.4 is 4.74 Å². The van der Waals surface area contributed by atoms with Crippen molar-refractivity contribution in [3.63, 3.8) is 0 Å². The minimum atomic E-state index is -1.82. The summed E-state index contributed by atoms with van der Waals surface area (Å²) in [6, 6.07) is 15.3. The SMILES string of the molecule is COc1cccc(CN2CCN(C(=O)c3cccc(Cl)c3)CC2)c1.O=C(O)C(=O)O. The lowest BCUT2D eigenvalue weighted by atomic mass is 10.1. The summed E-state index contributed by atoms with van der Waals surface area (Å²) in [5.41, 5.74) is 1.88. The van der Waals surface area contributed by atoms with Crippen LogP contribution in [0.25, 0.3) is 0 Å². The zero-order valence-corrected chi connectivity index (χ0v) is 17.2. The summed E-state index contributed by atoms with van der Waals surface area (Å²) in [7, 11) is 1.68. The van der Waals surface area contributed by atoms with Crippen molar-refractivity contribution in [1.82, 2.24) is 9.80 Å². The van der Waals surface area contributed by atoms with Crippen LogP contribution in [0.2, 0.25) is 5.02 Å². The number of carboxylic acids is 2. The van der Waals surface area contributed by atoms with Crippen molar-refractivity contribution in [3.05, 3.63) is 64.7 Å². The first-order chi connectivity index (χ1) is 14.3. The summed E-state index contributed by atoms with van der Waals surface area (Å²) >= 11 is 5.98. The number of ether oxygens (including phenoxy) is 1. The molecule has 0 radical (unpaired) electrons. The van der Waals surface area contributed by atoms with Gasteiger partial charge in [0.25, 0.3) is 5.91 Å². The highest BCUT2D eigenvalue weighted by Gasteiger charge is 2.22. The largest absolute Gasteiger partial charge is 0.497 e. The summed E-state index contributed by atoms with van der Waals surface area (Å²) in [6.07, 6.45) is 0. The normalized spacial score (nSPS) is 13.7. The van der Waals surface area contributed by atoms with E-state index in [9.17, 15) is 4.79 Å². The van der Waals surface area contributed by atoms with Crippen LogP contribution in [0.15, 0.2) is 48.5 Å². The van der Waals surface area contributed by atoms with Gasteiger partial charge in [-0.15, -0.1) is 0 Å². The number of carbonyl (C=O) groups is 3. The molecule has 0 aliphatic carbocycles. The number of aliphatic carboxylic acids is 2. The van der Waals surface area contributed by atoms with Crippen molar-refractivity contribution in [2.24, 2.45) is 0 Å². The maximum atomic E-state index is 12.5. The average Bonchev–Trinajstić information content (AvgIpc) is 2.74. The molecule has 2 aromatic carbocycles. The lowest BCUT2D eigenvalue weighted by Crippen LogP contribution is -2.48. The third-order valence-corrected chi connectivity index (χ3v) is 4.69. The highest BCUT2D eigenvalue weighted by Crippen LogP contribution is 2.17. The molecule has 0 bridgehead atoms. The fourth-order valence-electron chi connectivity index (χ4n) is 2.94. The van der Waals surface area contributed by atoms with Crippen LogP contribution in [0, 0.1) is 0 Å². The van der Waals surface area contributed by atoms with E-state index >= 15 is 0 Å². The molecule has 0 atom stereocenters. The van der Waals surface area contributed by atoms with E-state index in [0.717, 1.165) is 38.5 Å².